The molecule has 3 heteroatoms. The van der Waals surface area contributed by atoms with Gasteiger partial charge in [-0.05, 0) is 25.3 Å². The van der Waals surface area contributed by atoms with Crippen LogP contribution in [0.5, 0.6) is 0 Å². The second-order valence-corrected chi connectivity index (χ2v) is 9.14. The van der Waals surface area contributed by atoms with Gasteiger partial charge in [0, 0.05) is 27.5 Å². The van der Waals surface area contributed by atoms with Crippen LogP contribution in [0, 0.1) is 5.92 Å². The highest BCUT2D eigenvalue weighted by Gasteiger charge is 2.31. The third-order valence-electron chi connectivity index (χ3n) is 4.12. The Kier molecular flexibility index (Phi) is 8.92. The van der Waals surface area contributed by atoms with Gasteiger partial charge in [-0.25, -0.2) is 0 Å². The Bertz CT molecular complexity index is 235. The van der Waals surface area contributed by atoms with Crippen molar-refractivity contribution in [3.8, 4) is 0 Å². The molecule has 0 bridgehead atoms. The Hall–Kier alpha value is 0.660. The van der Waals surface area contributed by atoms with Crippen molar-refractivity contribution in [2.45, 2.75) is 82.1 Å². The molecule has 0 aliphatic carbocycles. The minimum absolute atomic E-state index is 0.717. The van der Waals surface area contributed by atoms with Crippen LogP contribution >= 0.6 is 23.5 Å². The zero-order valence-corrected chi connectivity index (χ0v) is 15.1. The molecule has 1 aliphatic rings. The second kappa shape index (κ2) is 9.57. The summed E-state index contributed by atoms with van der Waals surface area (Å²) >= 11 is 4.41. The maximum atomic E-state index is 3.83. The van der Waals surface area contributed by atoms with E-state index in [1.165, 1.54) is 38.0 Å². The summed E-state index contributed by atoms with van der Waals surface area (Å²) in [7, 11) is 0. The van der Waals surface area contributed by atoms with E-state index in [-0.39, 0.29) is 0 Å². The average Bonchev–Trinajstić information content (AvgIpc) is 2.38. The van der Waals surface area contributed by atoms with Crippen molar-refractivity contribution >= 4 is 23.5 Å². The van der Waals surface area contributed by atoms with Crippen LogP contribution in [0.3, 0.4) is 0 Å². The molecule has 0 spiro atoms. The van der Waals surface area contributed by atoms with E-state index >= 15 is 0 Å². The van der Waals surface area contributed by atoms with Crippen LogP contribution in [0.4, 0.5) is 0 Å². The first-order valence-corrected chi connectivity index (χ1v) is 10.1. The summed E-state index contributed by atoms with van der Waals surface area (Å²) in [5, 5.41) is 6.26. The highest BCUT2D eigenvalue weighted by atomic mass is 32.2. The van der Waals surface area contributed by atoms with Crippen LogP contribution < -0.4 is 5.32 Å². The number of rotatable bonds is 8. The lowest BCUT2D eigenvalue weighted by Crippen LogP contribution is -2.44. The Morgan fingerprint density at radius 3 is 2.47 bits per heavy atom. The monoisotopic (exact) mass is 303 g/mol. The van der Waals surface area contributed by atoms with E-state index in [0.717, 1.165) is 21.7 Å². The van der Waals surface area contributed by atoms with Crippen LogP contribution in [0.15, 0.2) is 0 Å². The lowest BCUT2D eigenvalue weighted by Gasteiger charge is -2.37. The predicted octanol–water partition coefficient (Wildman–Crippen LogP) is 4.81. The molecule has 0 radical (unpaired) electrons. The van der Waals surface area contributed by atoms with Crippen LogP contribution in [-0.4, -0.2) is 34.1 Å². The van der Waals surface area contributed by atoms with Crippen molar-refractivity contribution in [1.29, 1.82) is 0 Å². The third kappa shape index (κ3) is 6.31. The van der Waals surface area contributed by atoms with Gasteiger partial charge in [-0.1, -0.05) is 47.5 Å². The maximum Gasteiger partial charge on any atom is 0.0294 e. The fourth-order valence-corrected chi connectivity index (χ4v) is 5.90. The van der Waals surface area contributed by atoms with E-state index in [2.05, 4.69) is 63.5 Å². The van der Waals surface area contributed by atoms with E-state index in [1.807, 2.05) is 0 Å². The van der Waals surface area contributed by atoms with Gasteiger partial charge < -0.3 is 5.32 Å². The Balaban J connectivity index is 2.52. The fourth-order valence-electron chi connectivity index (χ4n) is 2.76. The standard InChI is InChI=1S/C16H33NS2/c1-6-8-12(3)10-15(17-9-7-2)16-11-18-13(4)14(5)19-16/h12-17H,6-11H2,1-5H3. The van der Waals surface area contributed by atoms with Gasteiger partial charge in [-0.15, -0.1) is 0 Å². The van der Waals surface area contributed by atoms with Crippen LogP contribution in [-0.2, 0) is 0 Å². The van der Waals surface area contributed by atoms with Gasteiger partial charge in [0.05, 0.1) is 0 Å². The van der Waals surface area contributed by atoms with Crippen molar-refractivity contribution in [2.75, 3.05) is 12.3 Å². The Morgan fingerprint density at radius 1 is 1.16 bits per heavy atom. The molecular formula is C16H33NS2. The summed E-state index contributed by atoms with van der Waals surface area (Å²) in [4.78, 5) is 0. The van der Waals surface area contributed by atoms with Gasteiger partial charge >= 0.3 is 0 Å². The van der Waals surface area contributed by atoms with Gasteiger partial charge in [-0.3, -0.25) is 0 Å². The molecule has 5 unspecified atom stereocenters. The molecule has 1 N–H and O–H groups in total. The number of nitrogens with one attached hydrogen (secondary N) is 1. The van der Waals surface area contributed by atoms with Gasteiger partial charge in [0.1, 0.15) is 0 Å². The number of hydrogen-bond acceptors (Lipinski definition) is 3. The molecule has 114 valence electrons. The summed E-state index contributed by atoms with van der Waals surface area (Å²) in [6.07, 6.45) is 5.30. The summed E-state index contributed by atoms with van der Waals surface area (Å²) in [5.41, 5.74) is 0. The number of hydrogen-bond donors (Lipinski definition) is 1. The Morgan fingerprint density at radius 2 is 1.89 bits per heavy atom. The molecule has 0 aromatic rings. The average molecular weight is 304 g/mol. The lowest BCUT2D eigenvalue weighted by molar-refractivity contribution is 0.381. The normalized spacial score (nSPS) is 31.1. The van der Waals surface area contributed by atoms with Crippen molar-refractivity contribution in [2.24, 2.45) is 5.92 Å². The number of thioether (sulfide) groups is 2. The zero-order chi connectivity index (χ0) is 14.3. The van der Waals surface area contributed by atoms with E-state index in [1.54, 1.807) is 0 Å². The van der Waals surface area contributed by atoms with Gasteiger partial charge in [0.15, 0.2) is 0 Å². The minimum Gasteiger partial charge on any atom is -0.313 e. The van der Waals surface area contributed by atoms with Crippen LogP contribution in [0.1, 0.15) is 60.3 Å². The molecule has 1 aliphatic heterocycles. The molecule has 1 fully saturated rings. The van der Waals surface area contributed by atoms with Crippen molar-refractivity contribution in [1.82, 2.24) is 5.32 Å². The molecule has 1 heterocycles. The van der Waals surface area contributed by atoms with Crippen molar-refractivity contribution in [3.05, 3.63) is 0 Å². The Labute approximate surface area is 129 Å². The molecule has 0 saturated carbocycles. The molecule has 1 rings (SSSR count). The highest BCUT2D eigenvalue weighted by molar-refractivity contribution is 8.07. The van der Waals surface area contributed by atoms with Crippen LogP contribution in [0.25, 0.3) is 0 Å². The van der Waals surface area contributed by atoms with Crippen LogP contribution in [0.2, 0.25) is 0 Å². The quantitative estimate of drug-likeness (QED) is 0.691. The maximum absolute atomic E-state index is 3.83. The smallest absolute Gasteiger partial charge is 0.0294 e. The first-order chi connectivity index (χ1) is 9.08. The molecule has 0 aromatic heterocycles. The molecular weight excluding hydrogens is 270 g/mol. The molecule has 0 amide bonds. The zero-order valence-electron chi connectivity index (χ0n) is 13.4. The van der Waals surface area contributed by atoms with E-state index in [4.69, 9.17) is 0 Å². The summed E-state index contributed by atoms with van der Waals surface area (Å²) < 4.78 is 0. The second-order valence-electron chi connectivity index (χ2n) is 6.11. The minimum atomic E-state index is 0.717. The molecule has 1 saturated heterocycles. The van der Waals surface area contributed by atoms with Gasteiger partial charge in [-0.2, -0.15) is 23.5 Å². The highest BCUT2D eigenvalue weighted by Crippen LogP contribution is 2.38. The van der Waals surface area contributed by atoms with Gasteiger partial charge in [0.2, 0.25) is 0 Å². The van der Waals surface area contributed by atoms with E-state index in [0.29, 0.717) is 6.04 Å². The third-order valence-corrected chi connectivity index (χ3v) is 7.67. The van der Waals surface area contributed by atoms with Crippen molar-refractivity contribution < 1.29 is 0 Å². The molecule has 0 aromatic carbocycles. The molecule has 5 atom stereocenters. The summed E-state index contributed by atoms with van der Waals surface area (Å²) in [6.45, 7) is 13.0. The SMILES string of the molecule is CCCNC(CC(C)CCC)C1CSC(C)C(C)S1. The first kappa shape index (κ1) is 17.7. The molecule has 1 nitrogen and oxygen atoms in total. The molecule has 19 heavy (non-hydrogen) atoms. The fraction of sp³-hybridized carbons (Fsp3) is 1.00. The van der Waals surface area contributed by atoms with E-state index < -0.39 is 0 Å². The summed E-state index contributed by atoms with van der Waals surface area (Å²) in [6, 6.07) is 0.717. The first-order valence-electron chi connectivity index (χ1n) is 8.08. The van der Waals surface area contributed by atoms with E-state index in [9.17, 15) is 0 Å². The summed E-state index contributed by atoms with van der Waals surface area (Å²) in [5.74, 6) is 2.19. The largest absolute Gasteiger partial charge is 0.313 e. The van der Waals surface area contributed by atoms with Gasteiger partial charge in [0.25, 0.3) is 0 Å². The van der Waals surface area contributed by atoms with Crippen molar-refractivity contribution in [3.63, 3.8) is 0 Å². The predicted molar refractivity (Wildman–Crippen MR) is 93.5 cm³/mol. The lowest BCUT2D eigenvalue weighted by atomic mass is 9.95. The topological polar surface area (TPSA) is 12.0 Å².